The predicted molar refractivity (Wildman–Crippen MR) is 98.0 cm³/mol. The number of carbonyl (C=O) groups is 2. The van der Waals surface area contributed by atoms with Crippen LogP contribution >= 0.6 is 23.2 Å². The number of benzene rings is 1. The Morgan fingerprint density at radius 3 is 2.42 bits per heavy atom. The van der Waals surface area contributed by atoms with E-state index in [4.69, 9.17) is 23.2 Å². The lowest BCUT2D eigenvalue weighted by Crippen LogP contribution is -2.32. The van der Waals surface area contributed by atoms with E-state index in [0.29, 0.717) is 22.3 Å². The number of fused-ring (bicyclic) bond motifs is 5. The average Bonchev–Trinajstić information content (AvgIpc) is 3.35. The predicted octanol–water partition coefficient (Wildman–Crippen LogP) is 3.55. The largest absolute Gasteiger partial charge is 0.274 e. The quantitative estimate of drug-likeness (QED) is 0.597. The van der Waals surface area contributed by atoms with Crippen molar-refractivity contribution >= 4 is 40.7 Å². The molecule has 2 fully saturated rings. The van der Waals surface area contributed by atoms with Gasteiger partial charge in [0.05, 0.1) is 30.3 Å². The number of anilines is 1. The summed E-state index contributed by atoms with van der Waals surface area (Å²) < 4.78 is 1.67. The van der Waals surface area contributed by atoms with Gasteiger partial charge < -0.3 is 0 Å². The molecule has 2 aromatic rings. The Morgan fingerprint density at radius 2 is 1.77 bits per heavy atom. The third kappa shape index (κ3) is 2.27. The Hall–Kier alpha value is -2.11. The highest BCUT2D eigenvalue weighted by Crippen LogP contribution is 2.53. The smallest absolute Gasteiger partial charge is 0.238 e. The molecular weight excluding hydrogens is 373 g/mol. The summed E-state index contributed by atoms with van der Waals surface area (Å²) in [6.45, 7) is 0.436. The van der Waals surface area contributed by atoms with Crippen LogP contribution in [-0.2, 0) is 16.1 Å². The van der Waals surface area contributed by atoms with Crippen LogP contribution in [0.2, 0.25) is 10.0 Å². The van der Waals surface area contributed by atoms with Crippen LogP contribution in [0.25, 0.3) is 0 Å². The fourth-order valence-corrected chi connectivity index (χ4v) is 5.00. The molecule has 2 aliphatic carbocycles. The van der Waals surface area contributed by atoms with Gasteiger partial charge in [-0.25, -0.2) is 4.90 Å². The Bertz CT molecular complexity index is 937. The van der Waals surface area contributed by atoms with Crippen molar-refractivity contribution in [1.82, 2.24) is 9.78 Å². The average molecular weight is 388 g/mol. The number of aromatic nitrogens is 2. The Balaban J connectivity index is 1.41. The van der Waals surface area contributed by atoms with Crippen LogP contribution in [0.3, 0.4) is 0 Å². The van der Waals surface area contributed by atoms with E-state index >= 15 is 0 Å². The molecule has 3 aliphatic rings. The summed E-state index contributed by atoms with van der Waals surface area (Å²) in [6.07, 6.45) is 8.39. The van der Waals surface area contributed by atoms with Crippen LogP contribution in [0.15, 0.2) is 42.7 Å². The Labute approximate surface area is 160 Å². The molecule has 1 aliphatic heterocycles. The molecule has 7 heteroatoms. The normalized spacial score (nSPS) is 29.1. The fourth-order valence-electron chi connectivity index (χ4n) is 4.54. The molecule has 2 amide bonds. The maximum atomic E-state index is 12.8. The van der Waals surface area contributed by atoms with E-state index in [2.05, 4.69) is 17.3 Å². The van der Waals surface area contributed by atoms with Gasteiger partial charge in [-0.2, -0.15) is 5.10 Å². The molecule has 0 unspecified atom stereocenters. The van der Waals surface area contributed by atoms with Crippen molar-refractivity contribution in [3.63, 3.8) is 0 Å². The van der Waals surface area contributed by atoms with Crippen molar-refractivity contribution in [3.8, 4) is 0 Å². The van der Waals surface area contributed by atoms with Crippen LogP contribution in [-0.4, -0.2) is 21.6 Å². The van der Waals surface area contributed by atoms with Gasteiger partial charge in [0.15, 0.2) is 0 Å². The van der Waals surface area contributed by atoms with Crippen LogP contribution in [0, 0.1) is 23.7 Å². The van der Waals surface area contributed by atoms with E-state index in [-0.39, 0.29) is 35.5 Å². The summed E-state index contributed by atoms with van der Waals surface area (Å²) in [4.78, 5) is 27.0. The zero-order valence-corrected chi connectivity index (χ0v) is 15.2. The van der Waals surface area contributed by atoms with Gasteiger partial charge in [0.2, 0.25) is 11.8 Å². The molecule has 0 spiro atoms. The number of allylic oxidation sites excluding steroid dienone is 2. The van der Waals surface area contributed by atoms with Gasteiger partial charge in [0.1, 0.15) is 0 Å². The minimum Gasteiger partial charge on any atom is -0.274 e. The highest BCUT2D eigenvalue weighted by atomic mass is 35.5. The highest BCUT2D eigenvalue weighted by molar-refractivity contribution is 6.35. The first-order chi connectivity index (χ1) is 12.5. The third-order valence-electron chi connectivity index (χ3n) is 5.70. The van der Waals surface area contributed by atoms with E-state index in [0.717, 1.165) is 12.0 Å². The third-order valence-corrected chi connectivity index (χ3v) is 6.28. The summed E-state index contributed by atoms with van der Waals surface area (Å²) in [5, 5.41) is 5.43. The first-order valence-electron chi connectivity index (χ1n) is 8.55. The molecule has 132 valence electrons. The molecule has 1 aromatic heterocycles. The van der Waals surface area contributed by atoms with Gasteiger partial charge in [0, 0.05) is 16.2 Å². The molecule has 1 aromatic carbocycles. The number of imide groups is 1. The summed E-state index contributed by atoms with van der Waals surface area (Å²) in [6, 6.07) is 5.29. The summed E-state index contributed by atoms with van der Waals surface area (Å²) >= 11 is 12.1. The highest BCUT2D eigenvalue weighted by Gasteiger charge is 2.59. The summed E-state index contributed by atoms with van der Waals surface area (Å²) in [7, 11) is 0. The SMILES string of the molecule is O=C1[C@@H]2[C@H](C(=O)N1c1cnn(Cc3ccc(Cl)cc3Cl)c1)[C@H]1C=C[C@H]2C1. The Morgan fingerprint density at radius 1 is 1.08 bits per heavy atom. The van der Waals surface area contributed by atoms with E-state index in [1.54, 1.807) is 29.2 Å². The number of halogens is 2. The monoisotopic (exact) mass is 387 g/mol. The van der Waals surface area contributed by atoms with Gasteiger partial charge >= 0.3 is 0 Å². The second-order valence-corrected chi connectivity index (χ2v) is 7.99. The van der Waals surface area contributed by atoms with Crippen molar-refractivity contribution < 1.29 is 9.59 Å². The van der Waals surface area contributed by atoms with E-state index < -0.39 is 0 Å². The van der Waals surface area contributed by atoms with Crippen molar-refractivity contribution in [2.45, 2.75) is 13.0 Å². The van der Waals surface area contributed by atoms with Gasteiger partial charge in [0.25, 0.3) is 0 Å². The first-order valence-corrected chi connectivity index (χ1v) is 9.31. The number of nitrogens with zero attached hydrogens (tertiary/aromatic N) is 3. The van der Waals surface area contributed by atoms with Gasteiger partial charge in [-0.15, -0.1) is 0 Å². The molecule has 1 saturated heterocycles. The van der Waals surface area contributed by atoms with Crippen molar-refractivity contribution in [2.75, 3.05) is 4.90 Å². The maximum Gasteiger partial charge on any atom is 0.238 e. The molecule has 2 bridgehead atoms. The van der Waals surface area contributed by atoms with Crippen LogP contribution in [0.1, 0.15) is 12.0 Å². The number of carbonyl (C=O) groups excluding carboxylic acids is 2. The number of hydrogen-bond donors (Lipinski definition) is 0. The van der Waals surface area contributed by atoms with Crippen molar-refractivity contribution in [1.29, 1.82) is 0 Å². The van der Waals surface area contributed by atoms with Gasteiger partial charge in [-0.1, -0.05) is 41.4 Å². The van der Waals surface area contributed by atoms with Crippen LogP contribution in [0.4, 0.5) is 5.69 Å². The number of amides is 2. The van der Waals surface area contributed by atoms with Crippen molar-refractivity contribution in [3.05, 3.63) is 58.4 Å². The lowest BCUT2D eigenvalue weighted by atomic mass is 9.85. The van der Waals surface area contributed by atoms with Crippen LogP contribution in [0.5, 0.6) is 0 Å². The molecule has 4 atom stereocenters. The standard InChI is InChI=1S/C19H15Cl2N3O2/c20-13-4-3-12(15(21)6-13)8-23-9-14(7-22-23)24-18(25)16-10-1-2-11(5-10)17(16)19(24)26/h1-4,6-7,9-11,16-17H,5,8H2/t10-,11-,16-,17+/m0/s1. The van der Waals surface area contributed by atoms with Gasteiger partial charge in [-0.3, -0.25) is 14.3 Å². The van der Waals surface area contributed by atoms with Gasteiger partial charge in [-0.05, 0) is 36.0 Å². The van der Waals surface area contributed by atoms with Crippen LogP contribution < -0.4 is 4.90 Å². The lowest BCUT2D eigenvalue weighted by molar-refractivity contribution is -0.123. The second-order valence-electron chi connectivity index (χ2n) is 7.14. The topological polar surface area (TPSA) is 55.2 Å². The first kappa shape index (κ1) is 16.1. The Kier molecular flexibility index (Phi) is 3.52. The zero-order chi connectivity index (χ0) is 18.0. The molecule has 2 heterocycles. The summed E-state index contributed by atoms with van der Waals surface area (Å²) in [5.41, 5.74) is 1.39. The van der Waals surface area contributed by atoms with E-state index in [1.165, 1.54) is 4.90 Å². The fraction of sp³-hybridized carbons (Fsp3) is 0.316. The molecular formula is C19H15Cl2N3O2. The molecule has 5 rings (SSSR count). The number of rotatable bonds is 3. The maximum absolute atomic E-state index is 12.8. The summed E-state index contributed by atoms with van der Waals surface area (Å²) in [5.74, 6) is -0.191. The molecule has 1 saturated carbocycles. The minimum atomic E-state index is -0.202. The molecule has 5 nitrogen and oxygen atoms in total. The van der Waals surface area contributed by atoms with E-state index in [9.17, 15) is 9.59 Å². The number of hydrogen-bond acceptors (Lipinski definition) is 3. The minimum absolute atomic E-state index is 0.0964. The second kappa shape index (κ2) is 5.69. The van der Waals surface area contributed by atoms with Crippen molar-refractivity contribution in [2.24, 2.45) is 23.7 Å². The molecule has 0 radical (unpaired) electrons. The van der Waals surface area contributed by atoms with E-state index in [1.807, 2.05) is 6.07 Å². The molecule has 0 N–H and O–H groups in total. The molecule has 26 heavy (non-hydrogen) atoms. The lowest BCUT2D eigenvalue weighted by Gasteiger charge is -2.14. The zero-order valence-electron chi connectivity index (χ0n) is 13.7.